The van der Waals surface area contributed by atoms with E-state index in [1.54, 1.807) is 30.3 Å². The zero-order chi connectivity index (χ0) is 20.2. The van der Waals surface area contributed by atoms with E-state index in [9.17, 15) is 9.59 Å². The zero-order valence-corrected chi connectivity index (χ0v) is 16.4. The van der Waals surface area contributed by atoms with Crippen molar-refractivity contribution in [2.24, 2.45) is 0 Å². The Morgan fingerprint density at radius 2 is 1.71 bits per heavy atom. The number of ether oxygens (including phenoxy) is 2. The lowest BCUT2D eigenvalue weighted by atomic mass is 10.2. The summed E-state index contributed by atoms with van der Waals surface area (Å²) in [7, 11) is 0. The minimum absolute atomic E-state index is 0.261. The van der Waals surface area contributed by atoms with E-state index in [-0.39, 0.29) is 11.9 Å². The Bertz CT molecular complexity index is 797. The number of para-hydroxylation sites is 1. The van der Waals surface area contributed by atoms with Crippen LogP contribution in [0.3, 0.4) is 0 Å². The number of esters is 1. The van der Waals surface area contributed by atoms with Crippen molar-refractivity contribution in [2.75, 3.05) is 18.5 Å². The second-order valence-corrected chi connectivity index (χ2v) is 6.28. The number of amides is 1. The zero-order valence-electron chi connectivity index (χ0n) is 16.4. The minimum atomic E-state index is -0.352. The van der Waals surface area contributed by atoms with E-state index in [4.69, 9.17) is 9.47 Å². The number of benzene rings is 2. The summed E-state index contributed by atoms with van der Waals surface area (Å²) in [5.74, 6) is 0.137. The van der Waals surface area contributed by atoms with Gasteiger partial charge in [0.1, 0.15) is 5.75 Å². The summed E-state index contributed by atoms with van der Waals surface area (Å²) >= 11 is 0. The molecule has 0 saturated heterocycles. The number of nitrogens with one attached hydrogen (secondary N) is 1. The summed E-state index contributed by atoms with van der Waals surface area (Å²) in [6.45, 7) is 5.13. The van der Waals surface area contributed by atoms with E-state index < -0.39 is 0 Å². The van der Waals surface area contributed by atoms with Gasteiger partial charge in [-0.25, -0.2) is 4.79 Å². The van der Waals surface area contributed by atoms with Crippen LogP contribution in [0, 0.1) is 0 Å². The van der Waals surface area contributed by atoms with Crippen molar-refractivity contribution in [1.29, 1.82) is 0 Å². The highest BCUT2D eigenvalue weighted by Gasteiger charge is 2.07. The normalized spacial score (nSPS) is 10.6. The predicted octanol–water partition coefficient (Wildman–Crippen LogP) is 5.08. The summed E-state index contributed by atoms with van der Waals surface area (Å²) < 4.78 is 10.8. The van der Waals surface area contributed by atoms with Crippen molar-refractivity contribution in [3.63, 3.8) is 0 Å². The van der Waals surface area contributed by atoms with E-state index in [1.165, 1.54) is 6.08 Å². The monoisotopic (exact) mass is 381 g/mol. The van der Waals surface area contributed by atoms with Crippen LogP contribution in [-0.2, 0) is 9.53 Å². The van der Waals surface area contributed by atoms with E-state index >= 15 is 0 Å². The first-order valence-electron chi connectivity index (χ1n) is 9.62. The lowest BCUT2D eigenvalue weighted by Gasteiger charge is -2.08. The first-order valence-corrected chi connectivity index (χ1v) is 9.62. The molecule has 0 aliphatic carbocycles. The number of hydrogen-bond donors (Lipinski definition) is 1. The number of carbonyl (C=O) groups is 2. The first kappa shape index (κ1) is 21.2. The highest BCUT2D eigenvalue weighted by atomic mass is 16.5. The molecule has 0 aliphatic rings. The Morgan fingerprint density at radius 3 is 2.43 bits per heavy atom. The molecule has 28 heavy (non-hydrogen) atoms. The number of anilines is 1. The van der Waals surface area contributed by atoms with Crippen molar-refractivity contribution in [3.05, 3.63) is 65.7 Å². The molecule has 5 nitrogen and oxygen atoms in total. The van der Waals surface area contributed by atoms with Gasteiger partial charge in [-0.3, -0.25) is 4.79 Å². The molecule has 0 fully saturated rings. The predicted molar refractivity (Wildman–Crippen MR) is 112 cm³/mol. The molecule has 148 valence electrons. The van der Waals surface area contributed by atoms with Gasteiger partial charge >= 0.3 is 5.97 Å². The minimum Gasteiger partial charge on any atom is -0.493 e. The maximum Gasteiger partial charge on any atom is 0.338 e. The van der Waals surface area contributed by atoms with Crippen LogP contribution >= 0.6 is 0 Å². The Balaban J connectivity index is 1.93. The summed E-state index contributed by atoms with van der Waals surface area (Å²) in [4.78, 5) is 24.1. The lowest BCUT2D eigenvalue weighted by molar-refractivity contribution is -0.111. The second kappa shape index (κ2) is 11.6. The van der Waals surface area contributed by atoms with Crippen LogP contribution < -0.4 is 10.1 Å². The highest BCUT2D eigenvalue weighted by Crippen LogP contribution is 2.20. The molecule has 1 amide bonds. The SMILES string of the molecule is CCCCOC(=O)c1ccc(NC(=O)/C=C/c2ccccc2OCCC)cc1. The fourth-order valence-electron chi connectivity index (χ4n) is 2.39. The van der Waals surface area contributed by atoms with Gasteiger partial charge in [0.2, 0.25) is 5.91 Å². The molecule has 0 aromatic heterocycles. The Morgan fingerprint density at radius 1 is 0.964 bits per heavy atom. The summed E-state index contributed by atoms with van der Waals surface area (Å²) in [5, 5.41) is 2.77. The van der Waals surface area contributed by atoms with E-state index in [1.807, 2.05) is 38.1 Å². The number of carbonyl (C=O) groups excluding carboxylic acids is 2. The van der Waals surface area contributed by atoms with Crippen molar-refractivity contribution in [1.82, 2.24) is 0 Å². The second-order valence-electron chi connectivity index (χ2n) is 6.28. The Hall–Kier alpha value is -3.08. The van der Waals surface area contributed by atoms with Gasteiger partial charge in [0.15, 0.2) is 0 Å². The van der Waals surface area contributed by atoms with Gasteiger partial charge in [-0.2, -0.15) is 0 Å². The third kappa shape index (κ3) is 6.91. The molecule has 0 spiro atoms. The van der Waals surface area contributed by atoms with Gasteiger partial charge in [0.25, 0.3) is 0 Å². The van der Waals surface area contributed by atoms with Crippen LogP contribution in [0.2, 0.25) is 0 Å². The van der Waals surface area contributed by atoms with Crippen LogP contribution in [0.5, 0.6) is 5.75 Å². The molecule has 0 saturated carbocycles. The molecule has 0 atom stereocenters. The third-order valence-electron chi connectivity index (χ3n) is 3.91. The largest absolute Gasteiger partial charge is 0.493 e. The maximum atomic E-state index is 12.2. The van der Waals surface area contributed by atoms with Crippen molar-refractivity contribution >= 4 is 23.6 Å². The molecular formula is C23H27NO4. The van der Waals surface area contributed by atoms with Crippen molar-refractivity contribution in [3.8, 4) is 5.75 Å². The average molecular weight is 381 g/mol. The fraction of sp³-hybridized carbons (Fsp3) is 0.304. The molecule has 0 unspecified atom stereocenters. The molecule has 2 aromatic carbocycles. The maximum absolute atomic E-state index is 12.2. The quantitative estimate of drug-likeness (QED) is 0.354. The average Bonchev–Trinajstić information content (AvgIpc) is 2.72. The van der Waals surface area contributed by atoms with Gasteiger partial charge in [0.05, 0.1) is 18.8 Å². The molecule has 0 radical (unpaired) electrons. The van der Waals surface area contributed by atoms with Gasteiger partial charge in [0, 0.05) is 17.3 Å². The number of hydrogen-bond acceptors (Lipinski definition) is 4. The van der Waals surface area contributed by atoms with Crippen LogP contribution in [-0.4, -0.2) is 25.1 Å². The molecule has 0 bridgehead atoms. The number of rotatable bonds is 10. The molecule has 2 aromatic rings. The molecule has 0 aliphatic heterocycles. The van der Waals surface area contributed by atoms with E-state index in [0.717, 1.165) is 30.6 Å². The summed E-state index contributed by atoms with van der Waals surface area (Å²) in [6, 6.07) is 14.2. The highest BCUT2D eigenvalue weighted by molar-refractivity contribution is 6.02. The van der Waals surface area contributed by atoms with Crippen LogP contribution in [0.1, 0.15) is 49.0 Å². The molecule has 5 heteroatoms. The fourth-order valence-corrected chi connectivity index (χ4v) is 2.39. The molecular weight excluding hydrogens is 354 g/mol. The van der Waals surface area contributed by atoms with Crippen LogP contribution in [0.4, 0.5) is 5.69 Å². The van der Waals surface area contributed by atoms with Crippen LogP contribution in [0.25, 0.3) is 6.08 Å². The van der Waals surface area contributed by atoms with Crippen molar-refractivity contribution < 1.29 is 19.1 Å². The van der Waals surface area contributed by atoms with Crippen molar-refractivity contribution in [2.45, 2.75) is 33.1 Å². The van der Waals surface area contributed by atoms with Gasteiger partial charge in [-0.15, -0.1) is 0 Å². The van der Waals surface area contributed by atoms with Crippen LogP contribution in [0.15, 0.2) is 54.6 Å². The molecule has 2 rings (SSSR count). The summed E-state index contributed by atoms with van der Waals surface area (Å²) in [6.07, 6.45) is 5.92. The first-order chi connectivity index (χ1) is 13.6. The van der Waals surface area contributed by atoms with Gasteiger partial charge in [-0.05, 0) is 49.2 Å². The topological polar surface area (TPSA) is 64.6 Å². The van der Waals surface area contributed by atoms with Gasteiger partial charge < -0.3 is 14.8 Å². The third-order valence-corrected chi connectivity index (χ3v) is 3.91. The van der Waals surface area contributed by atoms with E-state index in [2.05, 4.69) is 5.32 Å². The number of unbranched alkanes of at least 4 members (excludes halogenated alkanes) is 1. The van der Waals surface area contributed by atoms with Gasteiger partial charge in [-0.1, -0.05) is 38.5 Å². The summed E-state index contributed by atoms with van der Waals surface area (Å²) in [5.41, 5.74) is 1.91. The smallest absolute Gasteiger partial charge is 0.338 e. The standard InChI is InChI=1S/C23H27NO4/c1-3-5-17-28-23(26)19-10-13-20(14-11-19)24-22(25)15-12-18-8-6-7-9-21(18)27-16-4-2/h6-15H,3-5,16-17H2,1-2H3,(H,24,25)/b15-12+. The Labute approximate surface area is 166 Å². The Kier molecular flexibility index (Phi) is 8.79. The lowest BCUT2D eigenvalue weighted by Crippen LogP contribution is -2.09. The molecule has 0 heterocycles. The molecule has 1 N–H and O–H groups in total. The van der Waals surface area contributed by atoms with E-state index in [0.29, 0.717) is 24.5 Å².